The lowest BCUT2D eigenvalue weighted by Gasteiger charge is -2.21. The van der Waals surface area contributed by atoms with E-state index in [9.17, 15) is 4.79 Å². The predicted molar refractivity (Wildman–Crippen MR) is 142 cm³/mol. The van der Waals surface area contributed by atoms with Crippen molar-refractivity contribution in [3.63, 3.8) is 0 Å². The summed E-state index contributed by atoms with van der Waals surface area (Å²) >= 11 is 0. The number of unbranched alkanes of at least 4 members (excludes halogenated alkanes) is 14. The van der Waals surface area contributed by atoms with E-state index in [0.29, 0.717) is 18.1 Å². The van der Waals surface area contributed by atoms with Gasteiger partial charge in [0.25, 0.3) is 0 Å². The third-order valence-corrected chi connectivity index (χ3v) is 7.78. The molecule has 0 radical (unpaired) electrons. The first kappa shape index (κ1) is 30.1. The molecule has 30 heavy (non-hydrogen) atoms. The van der Waals surface area contributed by atoms with Crippen molar-refractivity contribution < 1.29 is 4.79 Å². The summed E-state index contributed by atoms with van der Waals surface area (Å²) in [6.45, 7) is 11.1. The Morgan fingerprint density at radius 1 is 0.700 bits per heavy atom. The Morgan fingerprint density at radius 2 is 1.13 bits per heavy atom. The zero-order valence-electron chi connectivity index (χ0n) is 20.3. The van der Waals surface area contributed by atoms with Gasteiger partial charge in [0.15, 0.2) is 5.78 Å². The van der Waals surface area contributed by atoms with E-state index in [1.54, 1.807) is 21.6 Å². The van der Waals surface area contributed by atoms with Gasteiger partial charge in [-0.2, -0.15) is 0 Å². The molecule has 0 saturated heterocycles. The van der Waals surface area contributed by atoms with Gasteiger partial charge in [0.1, 0.15) is 0 Å². The molecule has 0 heterocycles. The molecular weight excluding hydrogens is 406 g/mol. The molecule has 0 aliphatic heterocycles. The summed E-state index contributed by atoms with van der Waals surface area (Å²) in [5, 5.41) is 0. The maximum atomic E-state index is 12.4. The van der Waals surface area contributed by atoms with Gasteiger partial charge in [-0.25, -0.2) is 0 Å². The van der Waals surface area contributed by atoms with E-state index < -0.39 is 0 Å². The SMILES string of the molecule is C=CCSSCC(=O)CN(CCCCCCCCCC)CCCCCCCCCC. The second-order valence-corrected chi connectivity index (χ2v) is 11.1. The number of carbonyl (C=O) groups excluding carboxylic acids is 1. The molecule has 0 unspecified atom stereocenters. The van der Waals surface area contributed by atoms with Crippen LogP contribution in [0.4, 0.5) is 0 Å². The molecule has 0 saturated carbocycles. The van der Waals surface area contributed by atoms with Crippen LogP contribution >= 0.6 is 21.6 Å². The van der Waals surface area contributed by atoms with Gasteiger partial charge in [-0.15, -0.1) is 6.58 Å². The van der Waals surface area contributed by atoms with Gasteiger partial charge in [0.2, 0.25) is 0 Å². The minimum Gasteiger partial charge on any atom is -0.297 e. The predicted octanol–water partition coefficient (Wildman–Crippen LogP) is 8.71. The van der Waals surface area contributed by atoms with Gasteiger partial charge in [0.05, 0.1) is 12.3 Å². The molecule has 0 bridgehead atoms. The standard InChI is InChI=1S/C26H51NOS2/c1-4-7-9-11-13-15-17-19-21-27(24-26(28)25-30-29-23-6-3)22-20-18-16-14-12-10-8-5-2/h6H,3-5,7-25H2,1-2H3. The Bertz CT molecular complexity index is 356. The first-order valence-corrected chi connectivity index (χ1v) is 15.3. The highest BCUT2D eigenvalue weighted by Crippen LogP contribution is 2.21. The van der Waals surface area contributed by atoms with Crippen LogP contribution in [0.25, 0.3) is 0 Å². The molecule has 0 spiro atoms. The summed E-state index contributed by atoms with van der Waals surface area (Å²) in [7, 11) is 3.41. The van der Waals surface area contributed by atoms with Crippen LogP contribution in [-0.2, 0) is 4.79 Å². The van der Waals surface area contributed by atoms with Crippen LogP contribution in [0.3, 0.4) is 0 Å². The van der Waals surface area contributed by atoms with Crippen molar-refractivity contribution in [2.75, 3.05) is 31.1 Å². The van der Waals surface area contributed by atoms with Crippen molar-refractivity contribution in [1.82, 2.24) is 4.90 Å². The Balaban J connectivity index is 4.00. The first-order chi connectivity index (χ1) is 14.7. The molecule has 178 valence electrons. The number of hydrogen-bond acceptors (Lipinski definition) is 4. The maximum absolute atomic E-state index is 12.4. The summed E-state index contributed by atoms with van der Waals surface area (Å²) < 4.78 is 0. The van der Waals surface area contributed by atoms with Crippen molar-refractivity contribution in [2.24, 2.45) is 0 Å². The molecule has 2 nitrogen and oxygen atoms in total. The van der Waals surface area contributed by atoms with E-state index in [0.717, 1.165) is 18.8 Å². The molecule has 0 rings (SSSR count). The third kappa shape index (κ3) is 22.7. The fraction of sp³-hybridized carbons (Fsp3) is 0.885. The van der Waals surface area contributed by atoms with E-state index in [2.05, 4.69) is 25.3 Å². The van der Waals surface area contributed by atoms with Crippen LogP contribution in [0.1, 0.15) is 117 Å². The minimum atomic E-state index is 0.385. The fourth-order valence-corrected chi connectivity index (χ4v) is 5.43. The van der Waals surface area contributed by atoms with Crippen molar-refractivity contribution in [2.45, 2.75) is 117 Å². The number of ketones is 1. The normalized spacial score (nSPS) is 11.3. The van der Waals surface area contributed by atoms with Gasteiger partial charge < -0.3 is 0 Å². The smallest absolute Gasteiger partial charge is 0.157 e. The summed E-state index contributed by atoms with van der Waals surface area (Å²) in [4.78, 5) is 14.8. The molecule has 0 aliphatic carbocycles. The monoisotopic (exact) mass is 457 g/mol. The Kier molecular flexibility index (Phi) is 25.4. The summed E-state index contributed by atoms with van der Waals surface area (Å²) in [6.07, 6.45) is 23.5. The number of Topliss-reactive ketones (excluding diaryl/α,β-unsaturated/α-hetero) is 1. The van der Waals surface area contributed by atoms with Crippen molar-refractivity contribution in [3.05, 3.63) is 12.7 Å². The fourth-order valence-electron chi connectivity index (χ4n) is 3.71. The van der Waals surface area contributed by atoms with Gasteiger partial charge in [-0.1, -0.05) is 131 Å². The Hall–Kier alpha value is 0.0700. The second kappa shape index (κ2) is 25.3. The lowest BCUT2D eigenvalue weighted by molar-refractivity contribution is -0.117. The highest BCUT2D eigenvalue weighted by molar-refractivity contribution is 8.76. The van der Waals surface area contributed by atoms with Crippen LogP contribution in [0.5, 0.6) is 0 Å². The van der Waals surface area contributed by atoms with Gasteiger partial charge in [-0.3, -0.25) is 9.69 Å². The number of carbonyl (C=O) groups is 1. The van der Waals surface area contributed by atoms with Crippen molar-refractivity contribution >= 4 is 27.4 Å². The zero-order valence-corrected chi connectivity index (χ0v) is 21.9. The Labute approximate surface area is 197 Å². The molecule has 0 amide bonds. The minimum absolute atomic E-state index is 0.385. The lowest BCUT2D eigenvalue weighted by Crippen LogP contribution is -2.32. The van der Waals surface area contributed by atoms with Crippen LogP contribution in [0.2, 0.25) is 0 Å². The highest BCUT2D eigenvalue weighted by atomic mass is 33.1. The maximum Gasteiger partial charge on any atom is 0.157 e. The lowest BCUT2D eigenvalue weighted by atomic mass is 10.1. The quantitative estimate of drug-likeness (QED) is 0.0775. The largest absolute Gasteiger partial charge is 0.297 e. The summed E-state index contributed by atoms with van der Waals surface area (Å²) in [6, 6.07) is 0. The average Bonchev–Trinajstić information content (AvgIpc) is 2.74. The number of hydrogen-bond donors (Lipinski definition) is 0. The van der Waals surface area contributed by atoms with Gasteiger partial charge >= 0.3 is 0 Å². The van der Waals surface area contributed by atoms with E-state index in [4.69, 9.17) is 0 Å². The molecule has 0 aromatic rings. The number of rotatable bonds is 25. The highest BCUT2D eigenvalue weighted by Gasteiger charge is 2.11. The summed E-state index contributed by atoms with van der Waals surface area (Å²) in [5.41, 5.74) is 0. The van der Waals surface area contributed by atoms with E-state index >= 15 is 0 Å². The first-order valence-electron chi connectivity index (χ1n) is 12.8. The molecule has 0 aromatic heterocycles. The molecule has 0 aliphatic rings. The zero-order chi connectivity index (χ0) is 22.1. The van der Waals surface area contributed by atoms with Crippen LogP contribution in [0, 0.1) is 0 Å². The molecule has 0 fully saturated rings. The second-order valence-electron chi connectivity index (χ2n) is 8.60. The molecular formula is C26H51NOS2. The topological polar surface area (TPSA) is 20.3 Å². The molecule has 0 N–H and O–H groups in total. The van der Waals surface area contributed by atoms with E-state index in [1.807, 2.05) is 6.08 Å². The summed E-state index contributed by atoms with van der Waals surface area (Å²) in [5.74, 6) is 1.93. The third-order valence-electron chi connectivity index (χ3n) is 5.54. The van der Waals surface area contributed by atoms with Crippen LogP contribution in [0.15, 0.2) is 12.7 Å². The van der Waals surface area contributed by atoms with E-state index in [-0.39, 0.29) is 0 Å². The van der Waals surface area contributed by atoms with Gasteiger partial charge in [0, 0.05) is 5.75 Å². The molecule has 0 aromatic carbocycles. The molecule has 0 atom stereocenters. The number of nitrogens with zero attached hydrogens (tertiary/aromatic N) is 1. The van der Waals surface area contributed by atoms with E-state index in [1.165, 1.54) is 103 Å². The average molecular weight is 458 g/mol. The van der Waals surface area contributed by atoms with Crippen LogP contribution in [-0.4, -0.2) is 41.8 Å². The Morgan fingerprint density at radius 3 is 1.57 bits per heavy atom. The van der Waals surface area contributed by atoms with Crippen molar-refractivity contribution in [1.29, 1.82) is 0 Å². The van der Waals surface area contributed by atoms with Crippen molar-refractivity contribution in [3.8, 4) is 0 Å². The molecule has 4 heteroatoms. The van der Waals surface area contributed by atoms with Crippen LogP contribution < -0.4 is 0 Å². The van der Waals surface area contributed by atoms with Gasteiger partial charge in [-0.05, 0) is 25.9 Å².